The summed E-state index contributed by atoms with van der Waals surface area (Å²) < 4.78 is 33.0. The average molecular weight is 430 g/mol. The molecule has 2 fully saturated rings. The smallest absolute Gasteiger partial charge is 0.255 e. The van der Waals surface area contributed by atoms with Gasteiger partial charge in [0.05, 0.1) is 23.7 Å². The SMILES string of the molecule is Cc1ccccc1N1CCN(C(=O)c2ccccc2S(=O)(=O)N2CCOCC2)CC1. The molecular weight excluding hydrogens is 402 g/mol. The quantitative estimate of drug-likeness (QED) is 0.743. The van der Waals surface area contributed by atoms with Crippen molar-refractivity contribution in [1.29, 1.82) is 0 Å². The Morgan fingerprint density at radius 1 is 0.867 bits per heavy atom. The lowest BCUT2D eigenvalue weighted by Gasteiger charge is -2.37. The van der Waals surface area contributed by atoms with Gasteiger partial charge in [-0.1, -0.05) is 30.3 Å². The number of hydrogen-bond donors (Lipinski definition) is 0. The van der Waals surface area contributed by atoms with Crippen LogP contribution in [0.3, 0.4) is 0 Å². The molecule has 0 unspecified atom stereocenters. The van der Waals surface area contributed by atoms with Crippen molar-refractivity contribution in [3.63, 3.8) is 0 Å². The normalized spacial score (nSPS) is 18.4. The van der Waals surface area contributed by atoms with Crippen molar-refractivity contribution in [2.45, 2.75) is 11.8 Å². The van der Waals surface area contributed by atoms with Gasteiger partial charge in [-0.25, -0.2) is 8.42 Å². The van der Waals surface area contributed by atoms with Gasteiger partial charge in [-0.15, -0.1) is 0 Å². The zero-order valence-corrected chi connectivity index (χ0v) is 18.0. The number of rotatable bonds is 4. The lowest BCUT2D eigenvalue weighted by atomic mass is 10.1. The molecule has 1 amide bonds. The molecule has 2 heterocycles. The molecule has 0 aromatic heterocycles. The number of hydrogen-bond acceptors (Lipinski definition) is 5. The summed E-state index contributed by atoms with van der Waals surface area (Å²) in [5.74, 6) is -0.230. The van der Waals surface area contributed by atoms with Crippen molar-refractivity contribution in [2.75, 3.05) is 57.4 Å². The van der Waals surface area contributed by atoms with Crippen LogP contribution in [-0.4, -0.2) is 76.0 Å². The highest BCUT2D eigenvalue weighted by molar-refractivity contribution is 7.89. The molecule has 2 saturated heterocycles. The molecule has 4 rings (SSSR count). The van der Waals surface area contributed by atoms with Gasteiger partial charge >= 0.3 is 0 Å². The first-order valence-corrected chi connectivity index (χ1v) is 11.7. The van der Waals surface area contributed by atoms with E-state index < -0.39 is 10.0 Å². The fourth-order valence-electron chi connectivity index (χ4n) is 4.03. The highest BCUT2D eigenvalue weighted by Gasteiger charge is 2.32. The number of sulfonamides is 1. The number of piperazine rings is 1. The van der Waals surface area contributed by atoms with Gasteiger partial charge in [0.15, 0.2) is 0 Å². The summed E-state index contributed by atoms with van der Waals surface area (Å²) >= 11 is 0. The number of para-hydroxylation sites is 1. The number of nitrogens with zero attached hydrogens (tertiary/aromatic N) is 3. The van der Waals surface area contributed by atoms with E-state index in [0.29, 0.717) is 39.4 Å². The van der Waals surface area contributed by atoms with E-state index in [-0.39, 0.29) is 16.4 Å². The summed E-state index contributed by atoms with van der Waals surface area (Å²) in [6.45, 7) is 5.98. The Bertz CT molecular complexity index is 1010. The second-order valence-corrected chi connectivity index (χ2v) is 9.48. The highest BCUT2D eigenvalue weighted by atomic mass is 32.2. The molecule has 0 spiro atoms. The first kappa shape index (κ1) is 20.8. The Hall–Kier alpha value is -2.42. The van der Waals surface area contributed by atoms with Gasteiger partial charge in [0.1, 0.15) is 0 Å². The molecule has 8 heteroatoms. The number of carbonyl (C=O) groups is 1. The summed E-state index contributed by atoms with van der Waals surface area (Å²) in [4.78, 5) is 17.4. The van der Waals surface area contributed by atoms with Gasteiger partial charge in [0, 0.05) is 45.0 Å². The van der Waals surface area contributed by atoms with Crippen molar-refractivity contribution >= 4 is 21.6 Å². The first-order chi connectivity index (χ1) is 14.5. The van der Waals surface area contributed by atoms with Gasteiger partial charge in [-0.3, -0.25) is 4.79 Å². The van der Waals surface area contributed by atoms with Crippen molar-refractivity contribution in [3.05, 3.63) is 59.7 Å². The molecular formula is C22H27N3O4S. The number of carbonyl (C=O) groups excluding carboxylic acids is 1. The van der Waals surface area contributed by atoms with E-state index in [1.54, 1.807) is 23.1 Å². The standard InChI is InChI=1S/C22H27N3O4S/c1-18-6-2-4-8-20(18)23-10-12-24(13-11-23)22(26)19-7-3-5-9-21(19)30(27,28)25-14-16-29-17-15-25/h2-9H,10-17H2,1H3. The molecule has 2 aromatic rings. The van der Waals surface area contributed by atoms with Crippen LogP contribution in [0.4, 0.5) is 5.69 Å². The Labute approximate surface area is 177 Å². The monoisotopic (exact) mass is 429 g/mol. The topological polar surface area (TPSA) is 70.2 Å². The minimum Gasteiger partial charge on any atom is -0.379 e. The maximum absolute atomic E-state index is 13.3. The fourth-order valence-corrected chi connectivity index (χ4v) is 5.63. The minimum absolute atomic E-state index is 0.0817. The minimum atomic E-state index is -3.74. The highest BCUT2D eigenvalue weighted by Crippen LogP contribution is 2.25. The molecule has 0 bridgehead atoms. The second-order valence-electron chi connectivity index (χ2n) is 7.58. The van der Waals surface area contributed by atoms with Crippen LogP contribution in [0.25, 0.3) is 0 Å². The van der Waals surface area contributed by atoms with Gasteiger partial charge < -0.3 is 14.5 Å². The molecule has 0 N–H and O–H groups in total. The third-order valence-electron chi connectivity index (χ3n) is 5.73. The van der Waals surface area contributed by atoms with E-state index in [1.807, 2.05) is 12.1 Å². The summed E-state index contributed by atoms with van der Waals surface area (Å²) in [5, 5.41) is 0. The van der Waals surface area contributed by atoms with Gasteiger partial charge in [-0.05, 0) is 30.7 Å². The van der Waals surface area contributed by atoms with Crippen LogP contribution in [0.15, 0.2) is 53.4 Å². The summed E-state index contributed by atoms with van der Waals surface area (Å²) in [7, 11) is -3.74. The number of aryl methyl sites for hydroxylation is 1. The fraction of sp³-hybridized carbons (Fsp3) is 0.409. The molecule has 0 aliphatic carbocycles. The van der Waals surface area contributed by atoms with E-state index in [9.17, 15) is 13.2 Å². The Kier molecular flexibility index (Phi) is 6.08. The second kappa shape index (κ2) is 8.75. The molecule has 2 aliphatic rings. The zero-order valence-electron chi connectivity index (χ0n) is 17.2. The van der Waals surface area contributed by atoms with Crippen molar-refractivity contribution < 1.29 is 17.9 Å². The van der Waals surface area contributed by atoms with E-state index in [1.165, 1.54) is 21.6 Å². The lowest BCUT2D eigenvalue weighted by Crippen LogP contribution is -2.49. The number of anilines is 1. The van der Waals surface area contributed by atoms with Gasteiger partial charge in [0.25, 0.3) is 5.91 Å². The molecule has 0 radical (unpaired) electrons. The summed E-state index contributed by atoms with van der Waals surface area (Å²) in [6, 6.07) is 14.7. The molecule has 2 aliphatic heterocycles. The van der Waals surface area contributed by atoms with Gasteiger partial charge in [0.2, 0.25) is 10.0 Å². The van der Waals surface area contributed by atoms with E-state index >= 15 is 0 Å². The van der Waals surface area contributed by atoms with Crippen LogP contribution in [0, 0.1) is 6.92 Å². The van der Waals surface area contributed by atoms with Crippen molar-refractivity contribution in [1.82, 2.24) is 9.21 Å². The van der Waals surface area contributed by atoms with Crippen LogP contribution < -0.4 is 4.90 Å². The molecule has 7 nitrogen and oxygen atoms in total. The Morgan fingerprint density at radius 3 is 2.20 bits per heavy atom. The lowest BCUT2D eigenvalue weighted by molar-refractivity contribution is 0.0722. The number of amides is 1. The van der Waals surface area contributed by atoms with Crippen molar-refractivity contribution in [2.24, 2.45) is 0 Å². The van der Waals surface area contributed by atoms with Crippen LogP contribution in [-0.2, 0) is 14.8 Å². The predicted octanol–water partition coefficient (Wildman–Crippen LogP) is 1.98. The average Bonchev–Trinajstić information content (AvgIpc) is 2.80. The Morgan fingerprint density at radius 2 is 1.50 bits per heavy atom. The third kappa shape index (κ3) is 4.08. The summed E-state index contributed by atoms with van der Waals surface area (Å²) in [5.41, 5.74) is 2.63. The zero-order chi connectivity index (χ0) is 21.1. The van der Waals surface area contributed by atoms with Gasteiger partial charge in [-0.2, -0.15) is 4.31 Å². The van der Waals surface area contributed by atoms with Crippen LogP contribution in [0.5, 0.6) is 0 Å². The largest absolute Gasteiger partial charge is 0.379 e. The molecule has 2 aromatic carbocycles. The van der Waals surface area contributed by atoms with Crippen LogP contribution >= 0.6 is 0 Å². The molecule has 0 atom stereocenters. The first-order valence-electron chi connectivity index (χ1n) is 10.3. The Balaban J connectivity index is 1.52. The molecule has 0 saturated carbocycles. The van der Waals surface area contributed by atoms with Crippen molar-refractivity contribution in [3.8, 4) is 0 Å². The predicted molar refractivity (Wildman–Crippen MR) is 115 cm³/mol. The van der Waals surface area contributed by atoms with E-state index in [0.717, 1.165) is 13.1 Å². The van der Waals surface area contributed by atoms with E-state index in [4.69, 9.17) is 4.74 Å². The summed E-state index contributed by atoms with van der Waals surface area (Å²) in [6.07, 6.45) is 0. The maximum atomic E-state index is 13.3. The number of ether oxygens (including phenoxy) is 1. The number of benzene rings is 2. The number of morpholine rings is 1. The van der Waals surface area contributed by atoms with E-state index in [2.05, 4.69) is 24.0 Å². The maximum Gasteiger partial charge on any atom is 0.255 e. The van der Waals surface area contributed by atoms with Crippen LogP contribution in [0.1, 0.15) is 15.9 Å². The molecule has 30 heavy (non-hydrogen) atoms. The molecule has 160 valence electrons. The third-order valence-corrected chi connectivity index (χ3v) is 7.69. The van der Waals surface area contributed by atoms with Crippen LogP contribution in [0.2, 0.25) is 0 Å².